The molecule has 0 radical (unpaired) electrons. The van der Waals surface area contributed by atoms with Crippen LogP contribution >= 0.6 is 0 Å². The Hall–Kier alpha value is -4.29. The molecule has 1 saturated carbocycles. The van der Waals surface area contributed by atoms with Gasteiger partial charge < -0.3 is 15.0 Å². The molecule has 13 heteroatoms. The van der Waals surface area contributed by atoms with Gasteiger partial charge in [-0.05, 0) is 85.4 Å². The van der Waals surface area contributed by atoms with E-state index in [-0.39, 0.29) is 41.3 Å². The number of hydrogen-bond donors (Lipinski definition) is 2. The van der Waals surface area contributed by atoms with Crippen LogP contribution in [0.5, 0.6) is 5.75 Å². The number of halogens is 3. The van der Waals surface area contributed by atoms with Gasteiger partial charge in [0.15, 0.2) is 5.82 Å². The van der Waals surface area contributed by atoms with Gasteiger partial charge >= 0.3 is 6.36 Å². The van der Waals surface area contributed by atoms with Crippen molar-refractivity contribution in [3.8, 4) is 5.75 Å². The van der Waals surface area contributed by atoms with Crippen LogP contribution in [0.3, 0.4) is 0 Å². The van der Waals surface area contributed by atoms with Gasteiger partial charge in [0.05, 0.1) is 12.6 Å². The molecule has 1 fully saturated rings. The van der Waals surface area contributed by atoms with E-state index in [9.17, 15) is 22.8 Å². The highest BCUT2D eigenvalue weighted by molar-refractivity contribution is 6.46. The van der Waals surface area contributed by atoms with E-state index >= 15 is 0 Å². The molecular weight excluding hydrogens is 599 g/mol. The first kappa shape index (κ1) is 33.1. The summed E-state index contributed by atoms with van der Waals surface area (Å²) < 4.78 is 42.4. The molecule has 1 spiro atoms. The summed E-state index contributed by atoms with van der Waals surface area (Å²) in [4.78, 5) is 34.3. The van der Waals surface area contributed by atoms with Crippen LogP contribution in [-0.4, -0.2) is 55.1 Å². The monoisotopic (exact) mass is 639 g/mol. The minimum absolute atomic E-state index is 0.109. The Balaban J connectivity index is 1.46. The molecule has 1 aliphatic carbocycles. The highest BCUT2D eigenvalue weighted by atomic mass is 19.4. The Labute approximate surface area is 266 Å². The van der Waals surface area contributed by atoms with Crippen molar-refractivity contribution in [3.05, 3.63) is 71.0 Å². The minimum Gasteiger partial charge on any atom is -0.406 e. The first-order chi connectivity index (χ1) is 21.8. The second-order valence-electron chi connectivity index (χ2n) is 13.1. The molecule has 0 bridgehead atoms. The van der Waals surface area contributed by atoms with E-state index in [1.165, 1.54) is 24.3 Å². The Morgan fingerprint density at radius 2 is 1.76 bits per heavy atom. The second kappa shape index (κ2) is 13.2. The molecule has 1 aliphatic heterocycles. The van der Waals surface area contributed by atoms with Crippen molar-refractivity contribution < 1.29 is 27.5 Å². The summed E-state index contributed by atoms with van der Waals surface area (Å²) in [6.07, 6.45) is 0.800. The van der Waals surface area contributed by atoms with Crippen molar-refractivity contribution in [1.29, 1.82) is 0 Å². The van der Waals surface area contributed by atoms with Crippen LogP contribution in [0, 0.1) is 11.3 Å². The zero-order valence-electron chi connectivity index (χ0n) is 26.5. The number of aromatic amines is 1. The molecule has 246 valence electrons. The first-order valence-electron chi connectivity index (χ1n) is 15.7. The maximum Gasteiger partial charge on any atom is 0.573 e. The fourth-order valence-electron chi connectivity index (χ4n) is 6.56. The standard InChI is InChI=1S/C33H40F3N7O3/c1-5-6-7-26(21-8-10-23(11-9-21)29(44)37-20-27-39-41-42-40-27)43-30(45)28(22-12-14-25(15-13-22)46-33(34,35)36)38-32(43)18-16-24(17-19-32)31(2,3)4/h8-15,24,26H,5-7,16-20H2,1-4H3,(H,37,44)(H,39,40,41,42). The lowest BCUT2D eigenvalue weighted by Gasteiger charge is -2.47. The smallest absolute Gasteiger partial charge is 0.406 e. The average Bonchev–Trinajstić information content (AvgIpc) is 3.63. The van der Waals surface area contributed by atoms with Crippen molar-refractivity contribution in [2.24, 2.45) is 16.3 Å². The molecule has 5 rings (SSSR count). The third kappa shape index (κ3) is 7.39. The fourth-order valence-corrected chi connectivity index (χ4v) is 6.56. The zero-order valence-corrected chi connectivity index (χ0v) is 26.5. The number of carbonyl (C=O) groups is 2. The molecule has 1 unspecified atom stereocenters. The van der Waals surface area contributed by atoms with E-state index in [0.29, 0.717) is 42.1 Å². The quantitative estimate of drug-likeness (QED) is 0.260. The summed E-state index contributed by atoms with van der Waals surface area (Å²) in [5.41, 5.74) is 1.35. The fraction of sp³-hybridized carbons (Fsp3) is 0.515. The molecule has 2 aliphatic rings. The summed E-state index contributed by atoms with van der Waals surface area (Å²) in [6, 6.07) is 12.3. The van der Waals surface area contributed by atoms with E-state index in [0.717, 1.165) is 31.2 Å². The highest BCUT2D eigenvalue weighted by Gasteiger charge is 2.52. The number of alkyl halides is 3. The highest BCUT2D eigenvalue weighted by Crippen LogP contribution is 2.50. The van der Waals surface area contributed by atoms with E-state index in [1.54, 1.807) is 12.1 Å². The molecule has 1 aromatic heterocycles. The van der Waals surface area contributed by atoms with E-state index in [4.69, 9.17) is 4.99 Å². The molecule has 3 aromatic rings. The number of hydrogen-bond acceptors (Lipinski definition) is 7. The van der Waals surface area contributed by atoms with Crippen molar-refractivity contribution in [1.82, 2.24) is 30.8 Å². The van der Waals surface area contributed by atoms with Gasteiger partial charge in [-0.15, -0.1) is 23.4 Å². The largest absolute Gasteiger partial charge is 0.573 e. The summed E-state index contributed by atoms with van der Waals surface area (Å²) in [6.45, 7) is 8.92. The molecule has 2 amide bonds. The van der Waals surface area contributed by atoms with Crippen molar-refractivity contribution in [2.45, 2.75) is 97.3 Å². The second-order valence-corrected chi connectivity index (χ2v) is 13.1. The number of rotatable bonds is 10. The summed E-state index contributed by atoms with van der Waals surface area (Å²) in [5.74, 6) is -0.0721. The number of aliphatic imine (C=N–C) groups is 1. The molecule has 2 aromatic carbocycles. The number of unbranched alkanes of at least 4 members (excludes halogenated alkanes) is 1. The number of benzene rings is 2. The van der Waals surface area contributed by atoms with Crippen molar-refractivity contribution in [3.63, 3.8) is 0 Å². The maximum atomic E-state index is 14.4. The van der Waals surface area contributed by atoms with E-state index in [1.807, 2.05) is 17.0 Å². The van der Waals surface area contributed by atoms with Gasteiger partial charge in [0, 0.05) is 11.1 Å². The normalized spacial score (nSPS) is 20.9. The molecular formula is C33H40F3N7O3. The molecule has 10 nitrogen and oxygen atoms in total. The molecule has 2 N–H and O–H groups in total. The zero-order chi connectivity index (χ0) is 33.1. The average molecular weight is 640 g/mol. The number of tetrazole rings is 1. The van der Waals surface area contributed by atoms with Crippen LogP contribution in [0.15, 0.2) is 53.5 Å². The summed E-state index contributed by atoms with van der Waals surface area (Å²) in [7, 11) is 0. The lowest BCUT2D eigenvalue weighted by atomic mass is 9.69. The molecule has 46 heavy (non-hydrogen) atoms. The third-order valence-corrected chi connectivity index (χ3v) is 9.06. The Kier molecular flexibility index (Phi) is 9.50. The van der Waals surface area contributed by atoms with Gasteiger partial charge in [0.1, 0.15) is 17.1 Å². The van der Waals surface area contributed by atoms with Crippen LogP contribution in [0.4, 0.5) is 13.2 Å². The summed E-state index contributed by atoms with van der Waals surface area (Å²) >= 11 is 0. The minimum atomic E-state index is -4.81. The van der Waals surface area contributed by atoms with Gasteiger partial charge in [-0.25, -0.2) is 0 Å². The number of carbonyl (C=O) groups excluding carboxylic acids is 2. The van der Waals surface area contributed by atoms with Crippen LogP contribution in [0.1, 0.15) is 106 Å². The number of aromatic nitrogens is 4. The van der Waals surface area contributed by atoms with Gasteiger partial charge in [0.25, 0.3) is 11.8 Å². The van der Waals surface area contributed by atoms with Gasteiger partial charge in [-0.2, -0.15) is 5.21 Å². The predicted octanol–water partition coefficient (Wildman–Crippen LogP) is 6.52. The third-order valence-electron chi connectivity index (χ3n) is 9.06. The van der Waals surface area contributed by atoms with Crippen molar-refractivity contribution >= 4 is 17.5 Å². The Bertz CT molecular complexity index is 1520. The van der Waals surface area contributed by atoms with Crippen LogP contribution in [-0.2, 0) is 11.3 Å². The van der Waals surface area contributed by atoms with Gasteiger partial charge in [-0.1, -0.05) is 57.9 Å². The summed E-state index contributed by atoms with van der Waals surface area (Å²) in [5, 5.41) is 16.3. The maximum absolute atomic E-state index is 14.4. The van der Waals surface area contributed by atoms with Gasteiger partial charge in [0.2, 0.25) is 0 Å². The Morgan fingerprint density at radius 3 is 2.33 bits per heavy atom. The first-order valence-corrected chi connectivity index (χ1v) is 15.7. The molecule has 0 saturated heterocycles. The number of ether oxygens (including phenoxy) is 1. The lowest BCUT2D eigenvalue weighted by Crippen LogP contribution is -2.51. The topological polar surface area (TPSA) is 125 Å². The number of H-pyrrole nitrogens is 1. The Morgan fingerprint density at radius 1 is 1.09 bits per heavy atom. The van der Waals surface area contributed by atoms with Crippen LogP contribution < -0.4 is 10.1 Å². The number of amides is 2. The van der Waals surface area contributed by atoms with Crippen LogP contribution in [0.2, 0.25) is 0 Å². The van der Waals surface area contributed by atoms with E-state index < -0.39 is 12.0 Å². The number of nitrogens with zero attached hydrogens (tertiary/aromatic N) is 5. The predicted molar refractivity (Wildman–Crippen MR) is 165 cm³/mol. The van der Waals surface area contributed by atoms with Crippen molar-refractivity contribution in [2.75, 3.05) is 0 Å². The number of nitrogens with one attached hydrogen (secondary N) is 2. The SMILES string of the molecule is CCCCC(c1ccc(C(=O)NCc2nn[nH]n2)cc1)N1C(=O)C(c2ccc(OC(F)(F)F)cc2)=NC12CCC(C(C)(C)C)CC2. The van der Waals surface area contributed by atoms with Crippen LogP contribution in [0.25, 0.3) is 0 Å². The van der Waals surface area contributed by atoms with Gasteiger partial charge in [-0.3, -0.25) is 14.6 Å². The molecule has 2 heterocycles. The molecule has 1 atom stereocenters. The lowest BCUT2D eigenvalue weighted by molar-refractivity contribution is -0.274. The van der Waals surface area contributed by atoms with E-state index in [2.05, 4.69) is 58.4 Å².